The van der Waals surface area contributed by atoms with Crippen molar-refractivity contribution in [3.05, 3.63) is 23.7 Å². The Kier molecular flexibility index (Phi) is 4.21. The lowest BCUT2D eigenvalue weighted by Gasteiger charge is -2.30. The summed E-state index contributed by atoms with van der Waals surface area (Å²) >= 11 is 0. The SMILES string of the molecule is CO[C@H]1CCCC[C@@H]1NC(=O)c1ccc(C(=O)O)o1. The van der Waals surface area contributed by atoms with Crippen molar-refractivity contribution in [1.82, 2.24) is 5.32 Å². The molecule has 1 aromatic rings. The lowest BCUT2D eigenvalue weighted by Crippen LogP contribution is -2.45. The first-order valence-corrected chi connectivity index (χ1v) is 6.28. The van der Waals surface area contributed by atoms with E-state index in [4.69, 9.17) is 14.3 Å². The molecular formula is C13H17NO5. The van der Waals surface area contributed by atoms with Crippen LogP contribution in [0, 0.1) is 0 Å². The molecule has 0 saturated heterocycles. The van der Waals surface area contributed by atoms with Crippen LogP contribution in [0.4, 0.5) is 0 Å². The van der Waals surface area contributed by atoms with E-state index in [9.17, 15) is 9.59 Å². The van der Waals surface area contributed by atoms with Crippen LogP contribution in [0.1, 0.15) is 46.8 Å². The Morgan fingerprint density at radius 1 is 1.32 bits per heavy atom. The van der Waals surface area contributed by atoms with E-state index in [1.807, 2.05) is 0 Å². The number of carbonyl (C=O) groups excluding carboxylic acids is 1. The first kappa shape index (κ1) is 13.6. The molecule has 1 heterocycles. The summed E-state index contributed by atoms with van der Waals surface area (Å²) in [5.41, 5.74) is 0. The minimum Gasteiger partial charge on any atom is -0.475 e. The van der Waals surface area contributed by atoms with Crippen LogP contribution in [0.25, 0.3) is 0 Å². The maximum absolute atomic E-state index is 12.0. The molecule has 1 fully saturated rings. The van der Waals surface area contributed by atoms with Gasteiger partial charge in [0.15, 0.2) is 5.76 Å². The van der Waals surface area contributed by atoms with Crippen molar-refractivity contribution >= 4 is 11.9 Å². The Morgan fingerprint density at radius 2 is 2.00 bits per heavy atom. The maximum atomic E-state index is 12.0. The van der Waals surface area contributed by atoms with Gasteiger partial charge in [-0.1, -0.05) is 12.8 Å². The highest BCUT2D eigenvalue weighted by Crippen LogP contribution is 2.21. The van der Waals surface area contributed by atoms with Gasteiger partial charge in [-0.05, 0) is 25.0 Å². The molecule has 2 atom stereocenters. The number of nitrogens with one attached hydrogen (secondary N) is 1. The molecule has 0 aromatic carbocycles. The third kappa shape index (κ3) is 3.14. The molecule has 1 aromatic heterocycles. The van der Waals surface area contributed by atoms with Crippen molar-refractivity contribution in [2.45, 2.75) is 37.8 Å². The van der Waals surface area contributed by atoms with Crippen molar-refractivity contribution in [3.63, 3.8) is 0 Å². The van der Waals surface area contributed by atoms with Crippen molar-refractivity contribution < 1.29 is 23.8 Å². The van der Waals surface area contributed by atoms with Gasteiger partial charge in [-0.15, -0.1) is 0 Å². The average Bonchev–Trinajstić information content (AvgIpc) is 2.89. The van der Waals surface area contributed by atoms with Crippen LogP contribution in [-0.2, 0) is 4.74 Å². The number of rotatable bonds is 4. The highest BCUT2D eigenvalue weighted by Gasteiger charge is 2.27. The lowest BCUT2D eigenvalue weighted by atomic mass is 9.92. The van der Waals surface area contributed by atoms with Gasteiger partial charge in [0.25, 0.3) is 5.91 Å². The van der Waals surface area contributed by atoms with Crippen LogP contribution >= 0.6 is 0 Å². The van der Waals surface area contributed by atoms with Gasteiger partial charge < -0.3 is 19.6 Å². The molecule has 2 N–H and O–H groups in total. The molecule has 2 rings (SSSR count). The number of furan rings is 1. The summed E-state index contributed by atoms with van der Waals surface area (Å²) in [5.74, 6) is -1.82. The molecular weight excluding hydrogens is 250 g/mol. The smallest absolute Gasteiger partial charge is 0.371 e. The highest BCUT2D eigenvalue weighted by molar-refractivity contribution is 5.93. The van der Waals surface area contributed by atoms with E-state index in [1.54, 1.807) is 7.11 Å². The van der Waals surface area contributed by atoms with Crippen molar-refractivity contribution in [2.24, 2.45) is 0 Å². The molecule has 1 saturated carbocycles. The van der Waals surface area contributed by atoms with Crippen molar-refractivity contribution in [1.29, 1.82) is 0 Å². The predicted molar refractivity (Wildman–Crippen MR) is 66.2 cm³/mol. The molecule has 1 aliphatic carbocycles. The Hall–Kier alpha value is -1.82. The molecule has 1 amide bonds. The number of ether oxygens (including phenoxy) is 1. The largest absolute Gasteiger partial charge is 0.475 e. The lowest BCUT2D eigenvalue weighted by molar-refractivity contribution is 0.0384. The molecule has 0 radical (unpaired) electrons. The Bertz CT molecular complexity index is 467. The average molecular weight is 267 g/mol. The van der Waals surface area contributed by atoms with Crippen molar-refractivity contribution in [3.8, 4) is 0 Å². The number of carbonyl (C=O) groups is 2. The zero-order valence-electron chi connectivity index (χ0n) is 10.7. The number of amides is 1. The minimum absolute atomic E-state index is 0.00612. The quantitative estimate of drug-likeness (QED) is 0.866. The molecule has 0 unspecified atom stereocenters. The van der Waals surface area contributed by atoms with Gasteiger partial charge in [0, 0.05) is 7.11 Å². The fraction of sp³-hybridized carbons (Fsp3) is 0.538. The number of hydrogen-bond donors (Lipinski definition) is 2. The van der Waals surface area contributed by atoms with E-state index >= 15 is 0 Å². The normalized spacial score (nSPS) is 23.0. The summed E-state index contributed by atoms with van der Waals surface area (Å²) in [4.78, 5) is 22.6. The zero-order chi connectivity index (χ0) is 13.8. The first-order valence-electron chi connectivity index (χ1n) is 6.28. The number of carboxylic acid groups (broad SMARTS) is 1. The van der Waals surface area contributed by atoms with Gasteiger partial charge in [-0.25, -0.2) is 4.79 Å². The van der Waals surface area contributed by atoms with Gasteiger partial charge in [0.05, 0.1) is 12.1 Å². The fourth-order valence-electron chi connectivity index (χ4n) is 2.36. The first-order chi connectivity index (χ1) is 9.11. The summed E-state index contributed by atoms with van der Waals surface area (Å²) in [7, 11) is 1.63. The van der Waals surface area contributed by atoms with Gasteiger partial charge in [-0.3, -0.25) is 4.79 Å². The van der Waals surface area contributed by atoms with Crippen LogP contribution in [0.5, 0.6) is 0 Å². The van der Waals surface area contributed by atoms with Gasteiger partial charge in [0.1, 0.15) is 0 Å². The number of hydrogen-bond acceptors (Lipinski definition) is 4. The third-order valence-corrected chi connectivity index (χ3v) is 3.36. The van der Waals surface area contributed by atoms with Crippen LogP contribution in [0.15, 0.2) is 16.5 Å². The summed E-state index contributed by atoms with van der Waals surface area (Å²) in [5, 5.41) is 11.6. The Labute approximate surface area is 110 Å². The second-order valence-electron chi connectivity index (χ2n) is 4.61. The van der Waals surface area contributed by atoms with Gasteiger partial charge in [-0.2, -0.15) is 0 Å². The van der Waals surface area contributed by atoms with E-state index in [0.29, 0.717) is 0 Å². The van der Waals surface area contributed by atoms with Crippen LogP contribution in [0.2, 0.25) is 0 Å². The topological polar surface area (TPSA) is 88.8 Å². The predicted octanol–water partition coefficient (Wildman–Crippen LogP) is 1.67. The maximum Gasteiger partial charge on any atom is 0.371 e. The second kappa shape index (κ2) is 5.88. The zero-order valence-corrected chi connectivity index (χ0v) is 10.7. The van der Waals surface area contributed by atoms with Crippen LogP contribution < -0.4 is 5.32 Å². The minimum atomic E-state index is -1.19. The molecule has 6 nitrogen and oxygen atoms in total. The van der Waals surface area contributed by atoms with Crippen LogP contribution in [-0.4, -0.2) is 36.2 Å². The van der Waals surface area contributed by atoms with Gasteiger partial charge in [0.2, 0.25) is 5.76 Å². The Balaban J connectivity index is 2.01. The number of methoxy groups -OCH3 is 1. The highest BCUT2D eigenvalue weighted by atomic mass is 16.5. The summed E-state index contributed by atoms with van der Waals surface area (Å²) in [6, 6.07) is 2.58. The van der Waals surface area contributed by atoms with E-state index in [1.165, 1.54) is 12.1 Å². The van der Waals surface area contributed by atoms with E-state index < -0.39 is 11.9 Å². The van der Waals surface area contributed by atoms with E-state index in [0.717, 1.165) is 25.7 Å². The Morgan fingerprint density at radius 3 is 2.63 bits per heavy atom. The molecule has 19 heavy (non-hydrogen) atoms. The molecule has 104 valence electrons. The standard InChI is InChI=1S/C13H17NO5/c1-18-9-5-3-2-4-8(9)14-12(15)10-6-7-11(19-10)13(16)17/h6-9H,2-5H2,1H3,(H,14,15)(H,16,17)/t8-,9-/m0/s1. The van der Waals surface area contributed by atoms with Crippen LogP contribution in [0.3, 0.4) is 0 Å². The molecule has 0 spiro atoms. The molecule has 1 aliphatic rings. The summed E-state index contributed by atoms with van der Waals surface area (Å²) < 4.78 is 10.3. The van der Waals surface area contributed by atoms with Crippen molar-refractivity contribution in [2.75, 3.05) is 7.11 Å². The van der Waals surface area contributed by atoms with E-state index in [2.05, 4.69) is 5.32 Å². The number of aromatic carboxylic acids is 1. The van der Waals surface area contributed by atoms with Gasteiger partial charge >= 0.3 is 5.97 Å². The second-order valence-corrected chi connectivity index (χ2v) is 4.61. The fourth-order valence-corrected chi connectivity index (χ4v) is 2.36. The summed E-state index contributed by atoms with van der Waals surface area (Å²) in [6.07, 6.45) is 3.92. The molecule has 0 bridgehead atoms. The summed E-state index contributed by atoms with van der Waals surface area (Å²) in [6.45, 7) is 0. The molecule has 0 aliphatic heterocycles. The number of carboxylic acids is 1. The molecule has 6 heteroatoms. The third-order valence-electron chi connectivity index (χ3n) is 3.36. The van der Waals surface area contributed by atoms with E-state index in [-0.39, 0.29) is 23.7 Å². The monoisotopic (exact) mass is 267 g/mol.